The van der Waals surface area contributed by atoms with E-state index in [1.807, 2.05) is 30.3 Å². The SMILES string of the molecule is N#Cc1ccc(-c2ccc(Cl)cc2)nc1N1CCCC(Cc2ccc([N+](=O)[O-])c(N)n2)C1. The Morgan fingerprint density at radius 2 is 1.97 bits per heavy atom. The Morgan fingerprint density at radius 3 is 2.66 bits per heavy atom. The maximum absolute atomic E-state index is 11.0. The second-order valence-electron chi connectivity index (χ2n) is 7.81. The van der Waals surface area contributed by atoms with Gasteiger partial charge < -0.3 is 10.6 Å². The van der Waals surface area contributed by atoms with Crippen LogP contribution in [0.5, 0.6) is 0 Å². The number of nitrogens with zero attached hydrogens (tertiary/aromatic N) is 5. The van der Waals surface area contributed by atoms with E-state index >= 15 is 0 Å². The number of pyridine rings is 2. The Bertz CT molecular complexity index is 1190. The normalized spacial score (nSPS) is 15.9. The largest absolute Gasteiger partial charge is 0.378 e. The number of halogens is 1. The molecular formula is C23H21ClN6O2. The molecule has 162 valence electrons. The van der Waals surface area contributed by atoms with E-state index in [9.17, 15) is 15.4 Å². The zero-order valence-corrected chi connectivity index (χ0v) is 18.0. The number of hydrogen-bond acceptors (Lipinski definition) is 7. The van der Waals surface area contributed by atoms with Crippen molar-refractivity contribution < 1.29 is 4.92 Å². The number of nitrogens with two attached hydrogens (primary N) is 1. The smallest absolute Gasteiger partial charge is 0.311 e. The Morgan fingerprint density at radius 1 is 1.19 bits per heavy atom. The molecule has 1 aliphatic heterocycles. The van der Waals surface area contributed by atoms with Crippen molar-refractivity contribution in [2.45, 2.75) is 19.3 Å². The highest BCUT2D eigenvalue weighted by molar-refractivity contribution is 6.30. The van der Waals surface area contributed by atoms with Crippen molar-refractivity contribution in [3.05, 3.63) is 74.9 Å². The molecule has 0 spiro atoms. The van der Waals surface area contributed by atoms with Gasteiger partial charge in [0.05, 0.1) is 16.2 Å². The van der Waals surface area contributed by atoms with Crippen LogP contribution in [-0.4, -0.2) is 28.0 Å². The number of rotatable bonds is 5. The maximum Gasteiger partial charge on any atom is 0.311 e. The molecule has 0 radical (unpaired) electrons. The first kappa shape index (κ1) is 21.5. The van der Waals surface area contributed by atoms with Crippen LogP contribution in [-0.2, 0) is 6.42 Å². The molecule has 3 aromatic rings. The average Bonchev–Trinajstić information content (AvgIpc) is 2.79. The van der Waals surface area contributed by atoms with Gasteiger partial charge in [-0.25, -0.2) is 9.97 Å². The molecule has 1 aliphatic rings. The first-order chi connectivity index (χ1) is 15.4. The summed E-state index contributed by atoms with van der Waals surface area (Å²) >= 11 is 6.00. The zero-order chi connectivity index (χ0) is 22.7. The average molecular weight is 449 g/mol. The Labute approximate surface area is 190 Å². The van der Waals surface area contributed by atoms with Crippen molar-refractivity contribution in [1.29, 1.82) is 5.26 Å². The van der Waals surface area contributed by atoms with Crippen LogP contribution in [0, 0.1) is 27.4 Å². The Balaban J connectivity index is 1.55. The second-order valence-corrected chi connectivity index (χ2v) is 8.25. The summed E-state index contributed by atoms with van der Waals surface area (Å²) in [7, 11) is 0. The Hall–Kier alpha value is -3.70. The van der Waals surface area contributed by atoms with Gasteiger partial charge in [-0.1, -0.05) is 23.7 Å². The van der Waals surface area contributed by atoms with Crippen LogP contribution in [0.4, 0.5) is 17.3 Å². The van der Waals surface area contributed by atoms with Gasteiger partial charge in [0.2, 0.25) is 5.82 Å². The monoisotopic (exact) mass is 448 g/mol. The minimum Gasteiger partial charge on any atom is -0.378 e. The van der Waals surface area contributed by atoms with Gasteiger partial charge in [-0.2, -0.15) is 5.26 Å². The van der Waals surface area contributed by atoms with Gasteiger partial charge in [0.15, 0.2) is 0 Å². The van der Waals surface area contributed by atoms with Crippen LogP contribution in [0.3, 0.4) is 0 Å². The molecule has 1 unspecified atom stereocenters. The molecule has 0 bridgehead atoms. The van der Waals surface area contributed by atoms with Crippen molar-refractivity contribution in [3.63, 3.8) is 0 Å². The molecule has 0 amide bonds. The van der Waals surface area contributed by atoms with E-state index in [-0.39, 0.29) is 17.4 Å². The van der Waals surface area contributed by atoms with Crippen LogP contribution in [0.25, 0.3) is 11.3 Å². The van der Waals surface area contributed by atoms with E-state index in [0.717, 1.165) is 36.3 Å². The molecule has 1 aromatic carbocycles. The number of benzene rings is 1. The maximum atomic E-state index is 11.0. The van der Waals surface area contributed by atoms with Crippen LogP contribution >= 0.6 is 11.6 Å². The first-order valence-electron chi connectivity index (χ1n) is 10.3. The highest BCUT2D eigenvalue weighted by atomic mass is 35.5. The highest BCUT2D eigenvalue weighted by Gasteiger charge is 2.25. The summed E-state index contributed by atoms with van der Waals surface area (Å²) in [5.74, 6) is 0.870. The number of hydrogen-bond donors (Lipinski definition) is 1. The van der Waals surface area contributed by atoms with Gasteiger partial charge in [0.25, 0.3) is 0 Å². The molecule has 32 heavy (non-hydrogen) atoms. The molecule has 2 N–H and O–H groups in total. The number of nitriles is 1. The topological polar surface area (TPSA) is 122 Å². The molecule has 1 saturated heterocycles. The molecule has 1 atom stereocenters. The van der Waals surface area contributed by atoms with Gasteiger partial charge in [-0.15, -0.1) is 0 Å². The molecule has 9 heteroatoms. The minimum absolute atomic E-state index is 0.0655. The van der Waals surface area contributed by atoms with Crippen molar-refractivity contribution in [1.82, 2.24) is 9.97 Å². The lowest BCUT2D eigenvalue weighted by Crippen LogP contribution is -2.37. The molecule has 1 fully saturated rings. The highest BCUT2D eigenvalue weighted by Crippen LogP contribution is 2.30. The van der Waals surface area contributed by atoms with Gasteiger partial charge in [0, 0.05) is 35.4 Å². The third kappa shape index (κ3) is 4.63. The zero-order valence-electron chi connectivity index (χ0n) is 17.2. The standard InChI is InChI=1S/C23H21ClN6O2/c24-18-6-3-16(4-7-18)20-9-5-17(13-25)23(28-20)29-11-1-2-15(14-29)12-19-8-10-21(30(31)32)22(26)27-19/h3-10,15H,1-2,11-12,14H2,(H2,26,27). The third-order valence-corrected chi connectivity index (χ3v) is 5.86. The Kier molecular flexibility index (Phi) is 6.19. The van der Waals surface area contributed by atoms with Crippen LogP contribution < -0.4 is 10.6 Å². The van der Waals surface area contributed by atoms with E-state index in [1.54, 1.807) is 12.1 Å². The van der Waals surface area contributed by atoms with E-state index in [1.165, 1.54) is 6.07 Å². The second kappa shape index (κ2) is 9.20. The number of anilines is 2. The summed E-state index contributed by atoms with van der Waals surface area (Å²) in [4.78, 5) is 21.6. The first-order valence-corrected chi connectivity index (χ1v) is 10.6. The quantitative estimate of drug-likeness (QED) is 0.446. The fourth-order valence-corrected chi connectivity index (χ4v) is 4.18. The van der Waals surface area contributed by atoms with Gasteiger partial charge in [0.1, 0.15) is 11.9 Å². The lowest BCUT2D eigenvalue weighted by atomic mass is 9.93. The molecule has 3 heterocycles. The number of aromatic nitrogens is 2. The predicted molar refractivity (Wildman–Crippen MR) is 123 cm³/mol. The van der Waals surface area contributed by atoms with Crippen LogP contribution in [0.1, 0.15) is 24.1 Å². The van der Waals surface area contributed by atoms with E-state index in [2.05, 4.69) is 16.0 Å². The van der Waals surface area contributed by atoms with Crippen molar-refractivity contribution in [3.8, 4) is 17.3 Å². The fourth-order valence-electron chi connectivity index (χ4n) is 4.06. The molecule has 8 nitrogen and oxygen atoms in total. The van der Waals surface area contributed by atoms with Gasteiger partial charge in [-0.05, 0) is 55.5 Å². The summed E-state index contributed by atoms with van der Waals surface area (Å²) in [5, 5.41) is 21.3. The molecule has 2 aromatic heterocycles. The van der Waals surface area contributed by atoms with Crippen molar-refractivity contribution in [2.24, 2.45) is 5.92 Å². The lowest BCUT2D eigenvalue weighted by molar-refractivity contribution is -0.384. The molecule has 0 aliphatic carbocycles. The molecule has 4 rings (SSSR count). The lowest BCUT2D eigenvalue weighted by Gasteiger charge is -2.34. The van der Waals surface area contributed by atoms with E-state index in [0.29, 0.717) is 29.4 Å². The van der Waals surface area contributed by atoms with E-state index in [4.69, 9.17) is 22.3 Å². The summed E-state index contributed by atoms with van der Waals surface area (Å²) in [6, 6.07) is 16.4. The van der Waals surface area contributed by atoms with Crippen LogP contribution in [0.15, 0.2) is 48.5 Å². The van der Waals surface area contributed by atoms with Crippen LogP contribution in [0.2, 0.25) is 5.02 Å². The molecule has 0 saturated carbocycles. The van der Waals surface area contributed by atoms with Crippen molar-refractivity contribution >= 4 is 28.9 Å². The minimum atomic E-state index is -0.531. The third-order valence-electron chi connectivity index (χ3n) is 5.61. The predicted octanol–water partition coefficient (Wildman–Crippen LogP) is 4.62. The van der Waals surface area contributed by atoms with Gasteiger partial charge in [-0.3, -0.25) is 10.1 Å². The fraction of sp³-hybridized carbons (Fsp3) is 0.261. The molecular weight excluding hydrogens is 428 g/mol. The number of nitrogen functional groups attached to an aromatic ring is 1. The summed E-state index contributed by atoms with van der Waals surface area (Å²) < 4.78 is 0. The van der Waals surface area contributed by atoms with Crippen molar-refractivity contribution in [2.75, 3.05) is 23.7 Å². The van der Waals surface area contributed by atoms with E-state index < -0.39 is 4.92 Å². The van der Waals surface area contributed by atoms with Gasteiger partial charge >= 0.3 is 5.69 Å². The summed E-state index contributed by atoms with van der Waals surface area (Å²) in [5.41, 5.74) is 8.53. The number of piperidine rings is 1. The summed E-state index contributed by atoms with van der Waals surface area (Å²) in [6.45, 7) is 1.52. The number of nitro groups is 1. The summed E-state index contributed by atoms with van der Waals surface area (Å²) in [6.07, 6.45) is 2.59.